The van der Waals surface area contributed by atoms with Gasteiger partial charge in [0.1, 0.15) is 0 Å². The monoisotopic (exact) mass is 275 g/mol. The lowest BCUT2D eigenvalue weighted by Gasteiger charge is -2.46. The number of rotatable bonds is 2. The maximum atomic E-state index is 11.1. The molecule has 0 saturated carbocycles. The quantitative estimate of drug-likeness (QED) is 0.895. The zero-order valence-corrected chi connectivity index (χ0v) is 13.8. The van der Waals surface area contributed by atoms with Crippen molar-refractivity contribution in [2.75, 3.05) is 13.6 Å². The molecule has 1 aliphatic heterocycles. The maximum Gasteiger partial charge on any atom is 0.0740 e. The predicted molar refractivity (Wildman–Crippen MR) is 85.2 cm³/mol. The largest absolute Gasteiger partial charge is 0.389 e. The number of piperidine rings is 1. The minimum atomic E-state index is -0.571. The summed E-state index contributed by atoms with van der Waals surface area (Å²) in [7, 11) is 2.15. The van der Waals surface area contributed by atoms with Crippen LogP contribution in [-0.2, 0) is 6.42 Å². The first-order valence-corrected chi connectivity index (χ1v) is 7.72. The van der Waals surface area contributed by atoms with Crippen LogP contribution < -0.4 is 0 Å². The van der Waals surface area contributed by atoms with E-state index < -0.39 is 5.60 Å². The van der Waals surface area contributed by atoms with Crippen molar-refractivity contribution in [2.45, 2.75) is 59.1 Å². The van der Waals surface area contributed by atoms with Crippen LogP contribution in [-0.4, -0.2) is 35.2 Å². The maximum absolute atomic E-state index is 11.1. The van der Waals surface area contributed by atoms with Crippen molar-refractivity contribution >= 4 is 0 Å². The lowest BCUT2D eigenvalue weighted by atomic mass is 9.74. The third-order valence-electron chi connectivity index (χ3n) is 5.33. The van der Waals surface area contributed by atoms with Crippen LogP contribution in [0.1, 0.15) is 42.5 Å². The third kappa shape index (κ3) is 2.91. The summed E-state index contributed by atoms with van der Waals surface area (Å²) in [6.07, 6.45) is 1.64. The van der Waals surface area contributed by atoms with E-state index in [-0.39, 0.29) is 0 Å². The van der Waals surface area contributed by atoms with E-state index in [4.69, 9.17) is 0 Å². The van der Waals surface area contributed by atoms with Crippen molar-refractivity contribution in [3.63, 3.8) is 0 Å². The molecule has 1 aromatic rings. The SMILES string of the molecule is Cc1cc(C)c(C[C@@]2(O)C[C@@H](C)N(C)C[C@@H]2C)cc1C. The first-order chi connectivity index (χ1) is 9.23. The number of nitrogens with zero attached hydrogens (tertiary/aromatic N) is 1. The Bertz CT molecular complexity index is 496. The van der Waals surface area contributed by atoms with E-state index in [1.807, 2.05) is 0 Å². The highest BCUT2D eigenvalue weighted by molar-refractivity contribution is 5.37. The number of aliphatic hydroxyl groups is 1. The Labute approximate surface area is 123 Å². The minimum Gasteiger partial charge on any atom is -0.389 e. The van der Waals surface area contributed by atoms with Crippen LogP contribution in [0.4, 0.5) is 0 Å². The number of hydrogen-bond donors (Lipinski definition) is 1. The molecule has 1 N–H and O–H groups in total. The Morgan fingerprint density at radius 2 is 1.75 bits per heavy atom. The lowest BCUT2D eigenvalue weighted by Crippen LogP contribution is -2.54. The van der Waals surface area contributed by atoms with Crippen molar-refractivity contribution < 1.29 is 5.11 Å². The molecule has 0 radical (unpaired) electrons. The van der Waals surface area contributed by atoms with Crippen LogP contribution in [0.25, 0.3) is 0 Å². The number of aryl methyl sites for hydroxylation is 3. The molecule has 1 aliphatic rings. The summed E-state index contributed by atoms with van der Waals surface area (Å²) in [5.41, 5.74) is 4.70. The molecule has 1 aromatic carbocycles. The first-order valence-electron chi connectivity index (χ1n) is 7.72. The standard InChI is InChI=1S/C18H29NO/c1-12-7-14(3)17(8-13(12)2)10-18(20)9-16(5)19(6)11-15(18)4/h7-8,15-16,20H,9-11H2,1-6H3/t15-,16+,18-/m0/s1. The zero-order chi connectivity index (χ0) is 15.1. The van der Waals surface area contributed by atoms with E-state index in [0.717, 1.165) is 19.4 Å². The van der Waals surface area contributed by atoms with Gasteiger partial charge >= 0.3 is 0 Å². The summed E-state index contributed by atoms with van der Waals surface area (Å²) < 4.78 is 0. The Balaban J connectivity index is 2.26. The van der Waals surface area contributed by atoms with Crippen LogP contribution in [0.15, 0.2) is 12.1 Å². The summed E-state index contributed by atoms with van der Waals surface area (Å²) in [6, 6.07) is 4.96. The molecule has 0 aromatic heterocycles. The van der Waals surface area contributed by atoms with Gasteiger partial charge in [-0.2, -0.15) is 0 Å². The molecule has 2 nitrogen and oxygen atoms in total. The normalized spacial score (nSPS) is 31.6. The van der Waals surface area contributed by atoms with E-state index >= 15 is 0 Å². The fourth-order valence-electron chi connectivity index (χ4n) is 3.44. The van der Waals surface area contributed by atoms with Crippen molar-refractivity contribution in [1.82, 2.24) is 4.90 Å². The van der Waals surface area contributed by atoms with Gasteiger partial charge in [0.15, 0.2) is 0 Å². The van der Waals surface area contributed by atoms with Gasteiger partial charge in [-0.1, -0.05) is 19.1 Å². The molecule has 0 bridgehead atoms. The Morgan fingerprint density at radius 3 is 2.40 bits per heavy atom. The van der Waals surface area contributed by atoms with E-state index in [1.165, 1.54) is 22.3 Å². The molecule has 3 atom stereocenters. The second-order valence-electron chi connectivity index (χ2n) is 7.04. The smallest absolute Gasteiger partial charge is 0.0740 e. The van der Waals surface area contributed by atoms with E-state index in [9.17, 15) is 5.11 Å². The Kier molecular flexibility index (Phi) is 4.27. The molecule has 112 valence electrons. The molecule has 0 unspecified atom stereocenters. The molecule has 2 rings (SSSR count). The summed E-state index contributed by atoms with van der Waals surface area (Å²) in [6.45, 7) is 11.8. The summed E-state index contributed by atoms with van der Waals surface area (Å²) >= 11 is 0. The van der Waals surface area contributed by atoms with Crippen LogP contribution >= 0.6 is 0 Å². The van der Waals surface area contributed by atoms with Crippen molar-refractivity contribution in [1.29, 1.82) is 0 Å². The van der Waals surface area contributed by atoms with Gasteiger partial charge in [-0.3, -0.25) is 0 Å². The molecular weight excluding hydrogens is 246 g/mol. The van der Waals surface area contributed by atoms with Crippen molar-refractivity contribution in [3.8, 4) is 0 Å². The van der Waals surface area contributed by atoms with Gasteiger partial charge in [0.25, 0.3) is 0 Å². The molecule has 20 heavy (non-hydrogen) atoms. The zero-order valence-electron chi connectivity index (χ0n) is 13.8. The molecular formula is C18H29NO. The van der Waals surface area contributed by atoms with E-state index in [1.54, 1.807) is 0 Å². The highest BCUT2D eigenvalue weighted by Gasteiger charge is 2.41. The second kappa shape index (κ2) is 5.50. The Morgan fingerprint density at radius 1 is 1.15 bits per heavy atom. The second-order valence-corrected chi connectivity index (χ2v) is 7.04. The van der Waals surface area contributed by atoms with Crippen LogP contribution in [0.3, 0.4) is 0 Å². The van der Waals surface area contributed by atoms with Gasteiger partial charge in [-0.05, 0) is 69.3 Å². The molecule has 0 aliphatic carbocycles. The summed E-state index contributed by atoms with van der Waals surface area (Å²) in [4.78, 5) is 2.35. The minimum absolute atomic E-state index is 0.310. The lowest BCUT2D eigenvalue weighted by molar-refractivity contribution is -0.0779. The third-order valence-corrected chi connectivity index (χ3v) is 5.33. The van der Waals surface area contributed by atoms with Crippen molar-refractivity contribution in [2.24, 2.45) is 5.92 Å². The van der Waals surface area contributed by atoms with Gasteiger partial charge in [0.2, 0.25) is 0 Å². The highest BCUT2D eigenvalue weighted by atomic mass is 16.3. The van der Waals surface area contributed by atoms with E-state index in [2.05, 4.69) is 58.7 Å². The van der Waals surface area contributed by atoms with Gasteiger partial charge in [0.05, 0.1) is 5.60 Å². The molecule has 1 fully saturated rings. The predicted octanol–water partition coefficient (Wildman–Crippen LogP) is 3.25. The van der Waals surface area contributed by atoms with Crippen molar-refractivity contribution in [3.05, 3.63) is 34.4 Å². The topological polar surface area (TPSA) is 23.5 Å². The Hall–Kier alpha value is -0.860. The molecule has 1 saturated heterocycles. The summed E-state index contributed by atoms with van der Waals surface area (Å²) in [5, 5.41) is 11.1. The van der Waals surface area contributed by atoms with E-state index in [0.29, 0.717) is 12.0 Å². The van der Waals surface area contributed by atoms with Crippen LogP contribution in [0.2, 0.25) is 0 Å². The molecule has 1 heterocycles. The number of likely N-dealkylation sites (tertiary alicyclic amines) is 1. The van der Waals surface area contributed by atoms with Gasteiger partial charge < -0.3 is 10.0 Å². The average Bonchev–Trinajstić information content (AvgIpc) is 2.34. The first kappa shape index (κ1) is 15.5. The highest BCUT2D eigenvalue weighted by Crippen LogP contribution is 2.34. The molecule has 2 heteroatoms. The van der Waals surface area contributed by atoms with Crippen LogP contribution in [0.5, 0.6) is 0 Å². The fourth-order valence-corrected chi connectivity index (χ4v) is 3.44. The molecule has 0 spiro atoms. The van der Waals surface area contributed by atoms with Crippen LogP contribution in [0, 0.1) is 26.7 Å². The number of hydrogen-bond acceptors (Lipinski definition) is 2. The summed E-state index contributed by atoms with van der Waals surface area (Å²) in [5.74, 6) is 0.310. The fraction of sp³-hybridized carbons (Fsp3) is 0.667. The molecule has 0 amide bonds. The number of benzene rings is 1. The van der Waals surface area contributed by atoms with Gasteiger partial charge in [-0.25, -0.2) is 0 Å². The average molecular weight is 275 g/mol. The van der Waals surface area contributed by atoms with Gasteiger partial charge in [0, 0.05) is 19.0 Å². The van der Waals surface area contributed by atoms with Gasteiger partial charge in [-0.15, -0.1) is 0 Å².